The first-order valence-corrected chi connectivity index (χ1v) is 2.75. The molecular weight excluding hydrogens is 190 g/mol. The van der Waals surface area contributed by atoms with E-state index in [1.54, 1.807) is 0 Å². The van der Waals surface area contributed by atoms with Gasteiger partial charge in [0, 0.05) is 0 Å². The third kappa shape index (κ3) is 1.35. The molecule has 1 aliphatic rings. The fourth-order valence-corrected chi connectivity index (χ4v) is 0.605. The van der Waals surface area contributed by atoms with Gasteiger partial charge >= 0.3 is 6.18 Å². The Bertz CT molecular complexity index is 218. The average molecular weight is 192 g/mol. The highest BCUT2D eigenvalue weighted by Crippen LogP contribution is 2.39. The second-order valence-electron chi connectivity index (χ2n) is 2.05. The van der Waals surface area contributed by atoms with Gasteiger partial charge < -0.3 is 4.74 Å². The zero-order valence-corrected chi connectivity index (χ0v) is 5.33. The van der Waals surface area contributed by atoms with Crippen molar-refractivity contribution in [2.24, 2.45) is 0 Å². The molecule has 0 aromatic rings. The van der Waals surface area contributed by atoms with Crippen molar-refractivity contribution < 1.29 is 31.1 Å². The monoisotopic (exact) mass is 192 g/mol. The van der Waals surface area contributed by atoms with Gasteiger partial charge in [0.05, 0.1) is 0 Å². The number of alkyl halides is 5. The molecule has 1 aliphatic heterocycles. The van der Waals surface area contributed by atoms with E-state index in [0.29, 0.717) is 0 Å². The van der Waals surface area contributed by atoms with Crippen molar-refractivity contribution in [2.45, 2.75) is 18.7 Å². The maximum Gasteiger partial charge on any atom is 0.446 e. The fraction of sp³-hybridized carbons (Fsp3) is 0.600. The van der Waals surface area contributed by atoms with E-state index in [4.69, 9.17) is 0 Å². The molecule has 0 bridgehead atoms. The van der Waals surface area contributed by atoms with Crippen LogP contribution in [0.25, 0.3) is 0 Å². The first kappa shape index (κ1) is 9.21. The predicted octanol–water partition coefficient (Wildman–Crippen LogP) is 2.39. The van der Waals surface area contributed by atoms with Crippen LogP contribution < -0.4 is 0 Å². The van der Waals surface area contributed by atoms with Crippen molar-refractivity contribution >= 4 is 0 Å². The van der Waals surface area contributed by atoms with Crippen LogP contribution in [0.3, 0.4) is 0 Å². The van der Waals surface area contributed by atoms with E-state index in [0.717, 1.165) is 0 Å². The van der Waals surface area contributed by atoms with Crippen LogP contribution in [0.1, 0.15) is 0 Å². The Kier molecular flexibility index (Phi) is 1.97. The highest BCUT2D eigenvalue weighted by Gasteiger charge is 2.49. The molecule has 12 heavy (non-hydrogen) atoms. The molecule has 0 spiro atoms. The Labute approximate surface area is 62.6 Å². The van der Waals surface area contributed by atoms with Crippen LogP contribution in [0.15, 0.2) is 11.6 Å². The van der Waals surface area contributed by atoms with Crippen LogP contribution in [0.2, 0.25) is 0 Å². The highest BCUT2D eigenvalue weighted by molar-refractivity contribution is 5.17. The zero-order valence-electron chi connectivity index (χ0n) is 5.33. The Hall–Kier alpha value is -0.880. The Morgan fingerprint density at radius 2 is 1.75 bits per heavy atom. The lowest BCUT2D eigenvalue weighted by molar-refractivity contribution is -0.165. The van der Waals surface area contributed by atoms with Crippen LogP contribution in [0.4, 0.5) is 26.3 Å². The first-order chi connectivity index (χ1) is 5.34. The molecule has 2 atom stereocenters. The molecule has 1 saturated heterocycles. The molecule has 0 N–H and O–H groups in total. The molecule has 1 rings (SSSR count). The number of hydrogen-bond acceptors (Lipinski definition) is 1. The summed E-state index contributed by atoms with van der Waals surface area (Å²) in [6.07, 6.45) is -10.5. The van der Waals surface area contributed by atoms with Crippen LogP contribution >= 0.6 is 0 Å². The van der Waals surface area contributed by atoms with E-state index in [1.807, 2.05) is 0 Å². The molecule has 1 fully saturated rings. The summed E-state index contributed by atoms with van der Waals surface area (Å²) in [5.74, 6) is -4.33. The lowest BCUT2D eigenvalue weighted by Crippen LogP contribution is -2.38. The van der Waals surface area contributed by atoms with Gasteiger partial charge in [0.15, 0.2) is 5.76 Å². The van der Waals surface area contributed by atoms with Gasteiger partial charge in [0.1, 0.15) is 0 Å². The van der Waals surface area contributed by atoms with Crippen LogP contribution in [0.5, 0.6) is 0 Å². The number of rotatable bonds is 0. The number of allylic oxidation sites excluding steroid dienone is 1. The third-order valence-corrected chi connectivity index (χ3v) is 1.19. The van der Waals surface area contributed by atoms with Crippen molar-refractivity contribution in [3.63, 3.8) is 0 Å². The SMILES string of the molecule is F/C(=C1/O[C@@H](F)[C@@H]1F)C(F)(F)F. The molecule has 0 amide bonds. The van der Waals surface area contributed by atoms with Crippen molar-refractivity contribution in [1.29, 1.82) is 0 Å². The molecule has 7 heteroatoms. The number of hydrogen-bond donors (Lipinski definition) is 0. The molecule has 0 unspecified atom stereocenters. The second kappa shape index (κ2) is 2.56. The highest BCUT2D eigenvalue weighted by atomic mass is 19.4. The van der Waals surface area contributed by atoms with Gasteiger partial charge in [-0.05, 0) is 0 Å². The standard InChI is InChI=1S/C5H2F6O/c6-1-2(12-4(1)8)3(7)5(9,10)11/h1,4H/b3-2+/t1-,4-/m1/s1. The van der Waals surface area contributed by atoms with E-state index in [9.17, 15) is 26.3 Å². The van der Waals surface area contributed by atoms with E-state index < -0.39 is 30.3 Å². The Morgan fingerprint density at radius 3 is 2.00 bits per heavy atom. The van der Waals surface area contributed by atoms with Gasteiger partial charge in [-0.3, -0.25) is 0 Å². The van der Waals surface area contributed by atoms with Gasteiger partial charge in [0.25, 0.3) is 6.36 Å². The summed E-state index contributed by atoms with van der Waals surface area (Å²) < 4.78 is 73.5. The van der Waals surface area contributed by atoms with Gasteiger partial charge in [-0.25, -0.2) is 4.39 Å². The summed E-state index contributed by atoms with van der Waals surface area (Å²) in [5.41, 5.74) is 0. The second-order valence-corrected chi connectivity index (χ2v) is 2.05. The quantitative estimate of drug-likeness (QED) is 0.535. The minimum atomic E-state index is -5.32. The molecule has 0 saturated carbocycles. The van der Waals surface area contributed by atoms with Gasteiger partial charge in [-0.2, -0.15) is 22.0 Å². The molecule has 0 aromatic heterocycles. The minimum absolute atomic E-state index is 1.62. The summed E-state index contributed by atoms with van der Waals surface area (Å²) in [4.78, 5) is 0. The van der Waals surface area contributed by atoms with Gasteiger partial charge in [0.2, 0.25) is 12.0 Å². The van der Waals surface area contributed by atoms with Gasteiger partial charge in [-0.15, -0.1) is 0 Å². The summed E-state index contributed by atoms with van der Waals surface area (Å²) in [6.45, 7) is 0. The van der Waals surface area contributed by atoms with Crippen molar-refractivity contribution in [1.82, 2.24) is 0 Å². The van der Waals surface area contributed by atoms with E-state index in [2.05, 4.69) is 4.74 Å². The number of ether oxygens (including phenoxy) is 1. The largest absolute Gasteiger partial charge is 0.455 e. The Morgan fingerprint density at radius 1 is 1.25 bits per heavy atom. The average Bonchev–Trinajstić information content (AvgIpc) is 1.96. The van der Waals surface area contributed by atoms with Crippen molar-refractivity contribution in [2.75, 3.05) is 0 Å². The normalized spacial score (nSPS) is 33.8. The molecular formula is C5H2F6O. The zero-order chi connectivity index (χ0) is 9.52. The lowest BCUT2D eigenvalue weighted by atomic mass is 10.2. The smallest absolute Gasteiger partial charge is 0.446 e. The Balaban J connectivity index is 2.81. The summed E-state index contributed by atoms with van der Waals surface area (Å²) >= 11 is 0. The summed E-state index contributed by atoms with van der Waals surface area (Å²) in [6, 6.07) is 0. The number of halogens is 6. The van der Waals surface area contributed by atoms with E-state index >= 15 is 0 Å². The van der Waals surface area contributed by atoms with Crippen molar-refractivity contribution in [3.8, 4) is 0 Å². The molecule has 0 radical (unpaired) electrons. The van der Waals surface area contributed by atoms with Crippen molar-refractivity contribution in [3.05, 3.63) is 11.6 Å². The lowest BCUT2D eigenvalue weighted by Gasteiger charge is -2.28. The first-order valence-electron chi connectivity index (χ1n) is 2.75. The predicted molar refractivity (Wildman–Crippen MR) is 25.1 cm³/mol. The van der Waals surface area contributed by atoms with Crippen LogP contribution in [-0.4, -0.2) is 18.7 Å². The molecule has 1 heterocycles. The molecule has 0 aromatic carbocycles. The summed E-state index contributed by atoms with van der Waals surface area (Å²) in [5, 5.41) is 0. The van der Waals surface area contributed by atoms with Crippen LogP contribution in [-0.2, 0) is 4.74 Å². The minimum Gasteiger partial charge on any atom is -0.455 e. The van der Waals surface area contributed by atoms with Crippen LogP contribution in [0, 0.1) is 0 Å². The maximum absolute atomic E-state index is 12.1. The molecule has 0 aliphatic carbocycles. The molecule has 1 nitrogen and oxygen atoms in total. The topological polar surface area (TPSA) is 9.23 Å². The maximum atomic E-state index is 12.1. The van der Waals surface area contributed by atoms with E-state index in [-0.39, 0.29) is 0 Å². The molecule has 70 valence electrons. The summed E-state index contributed by atoms with van der Waals surface area (Å²) in [7, 11) is 0. The van der Waals surface area contributed by atoms with E-state index in [1.165, 1.54) is 0 Å². The van der Waals surface area contributed by atoms with Gasteiger partial charge in [-0.1, -0.05) is 0 Å². The fourth-order valence-electron chi connectivity index (χ4n) is 0.605. The third-order valence-electron chi connectivity index (χ3n) is 1.19.